The van der Waals surface area contributed by atoms with E-state index in [0.717, 1.165) is 64.2 Å². The van der Waals surface area contributed by atoms with Crippen LogP contribution in [0.5, 0.6) is 0 Å². The number of hydrogen-bond acceptors (Lipinski definition) is 6. The minimum Gasteiger partial charge on any atom is -0.462 e. The summed E-state index contributed by atoms with van der Waals surface area (Å²) in [6.45, 7) is 6.70. The fourth-order valence-corrected chi connectivity index (χ4v) is 9.56. The van der Waals surface area contributed by atoms with Gasteiger partial charge in [0.15, 0.2) is 6.10 Å². The number of carbonyl (C=O) groups excluding carboxylic acids is 3. The predicted molar refractivity (Wildman–Crippen MR) is 298 cm³/mol. The van der Waals surface area contributed by atoms with Crippen LogP contribution in [0.3, 0.4) is 0 Å². The molecule has 1 atom stereocenters. The van der Waals surface area contributed by atoms with E-state index in [1.807, 2.05) is 0 Å². The fourth-order valence-electron chi connectivity index (χ4n) is 9.56. The molecule has 0 amide bonds. The smallest absolute Gasteiger partial charge is 0.306 e. The van der Waals surface area contributed by atoms with Crippen LogP contribution in [0.15, 0.2) is 12.2 Å². The molecule has 0 saturated heterocycles. The van der Waals surface area contributed by atoms with Gasteiger partial charge in [0.05, 0.1) is 0 Å². The zero-order valence-corrected chi connectivity index (χ0v) is 46.9. The molecule has 0 unspecified atom stereocenters. The first kappa shape index (κ1) is 67.1. The van der Waals surface area contributed by atoms with Crippen molar-refractivity contribution in [1.29, 1.82) is 0 Å². The number of esters is 3. The Balaban J connectivity index is 4.29. The van der Waals surface area contributed by atoms with Gasteiger partial charge in [-0.3, -0.25) is 14.4 Å². The summed E-state index contributed by atoms with van der Waals surface area (Å²) >= 11 is 0. The van der Waals surface area contributed by atoms with Gasteiger partial charge >= 0.3 is 17.9 Å². The van der Waals surface area contributed by atoms with Gasteiger partial charge in [0.2, 0.25) is 0 Å². The Morgan fingerprint density at radius 3 is 0.725 bits per heavy atom. The summed E-state index contributed by atoms with van der Waals surface area (Å²) in [6.07, 6.45) is 67.8. The number of unbranched alkanes of at least 4 members (excludes halogenated alkanes) is 45. The van der Waals surface area contributed by atoms with Crippen LogP contribution in [0.25, 0.3) is 0 Å². The zero-order valence-electron chi connectivity index (χ0n) is 46.9. The van der Waals surface area contributed by atoms with Gasteiger partial charge in [0, 0.05) is 19.3 Å². The van der Waals surface area contributed by atoms with E-state index in [0.29, 0.717) is 19.3 Å². The molecule has 0 aliphatic carbocycles. The summed E-state index contributed by atoms with van der Waals surface area (Å²) in [5.74, 6) is -0.846. The Morgan fingerprint density at radius 1 is 0.275 bits per heavy atom. The highest BCUT2D eigenvalue weighted by Crippen LogP contribution is 2.18. The molecule has 408 valence electrons. The first-order valence-electron chi connectivity index (χ1n) is 31.2. The number of carbonyl (C=O) groups is 3. The average Bonchev–Trinajstić information content (AvgIpc) is 3.35. The third-order valence-corrected chi connectivity index (χ3v) is 14.3. The van der Waals surface area contributed by atoms with Crippen LogP contribution in [0, 0.1) is 0 Å². The van der Waals surface area contributed by atoms with E-state index in [9.17, 15) is 14.4 Å². The molecule has 0 aliphatic heterocycles. The van der Waals surface area contributed by atoms with Crippen LogP contribution in [-0.4, -0.2) is 37.2 Å². The minimum atomic E-state index is -0.768. The Kier molecular flexibility index (Phi) is 57.1. The highest BCUT2D eigenvalue weighted by Gasteiger charge is 2.19. The molecule has 0 aliphatic rings. The van der Waals surface area contributed by atoms with Crippen LogP contribution in [0.4, 0.5) is 0 Å². The number of allylic oxidation sites excluding steroid dienone is 2. The second kappa shape index (κ2) is 58.7. The van der Waals surface area contributed by atoms with Gasteiger partial charge in [-0.1, -0.05) is 303 Å². The van der Waals surface area contributed by atoms with Crippen molar-refractivity contribution in [3.8, 4) is 0 Å². The highest BCUT2D eigenvalue weighted by atomic mass is 16.6. The molecular formula is C63H120O6. The van der Waals surface area contributed by atoms with E-state index >= 15 is 0 Å². The van der Waals surface area contributed by atoms with Gasteiger partial charge in [-0.15, -0.1) is 0 Å². The summed E-state index contributed by atoms with van der Waals surface area (Å²) in [7, 11) is 0. The summed E-state index contributed by atoms with van der Waals surface area (Å²) < 4.78 is 16.9. The summed E-state index contributed by atoms with van der Waals surface area (Å²) in [5, 5.41) is 0. The molecule has 0 saturated carbocycles. The van der Waals surface area contributed by atoms with Gasteiger partial charge < -0.3 is 14.2 Å². The lowest BCUT2D eigenvalue weighted by Gasteiger charge is -2.18. The third kappa shape index (κ3) is 56.9. The minimum absolute atomic E-state index is 0.0661. The molecule has 0 fully saturated rings. The van der Waals surface area contributed by atoms with E-state index in [1.165, 1.54) is 250 Å². The standard InChI is InChI=1S/C63H120O6/c1-4-7-10-13-16-19-22-25-28-30-32-34-35-38-41-44-47-50-53-56-62(65)68-59-60(58-67-61(64)55-52-49-46-43-40-37-27-24-21-18-15-12-9-6-3)69-63(66)57-54-51-48-45-42-39-36-33-31-29-26-23-20-17-14-11-8-5-2/h24,27,60H,4-23,25-26,28-59H2,1-3H3/b27-24-/t60-/m1/s1. The van der Waals surface area contributed by atoms with Crippen molar-refractivity contribution in [2.45, 2.75) is 361 Å². The van der Waals surface area contributed by atoms with Crippen molar-refractivity contribution in [3.05, 3.63) is 12.2 Å². The maximum Gasteiger partial charge on any atom is 0.306 e. The molecule has 0 spiro atoms. The van der Waals surface area contributed by atoms with E-state index in [-0.39, 0.29) is 31.1 Å². The lowest BCUT2D eigenvalue weighted by molar-refractivity contribution is -0.167. The van der Waals surface area contributed by atoms with Gasteiger partial charge in [0.1, 0.15) is 13.2 Å². The third-order valence-electron chi connectivity index (χ3n) is 14.3. The number of rotatable bonds is 58. The Morgan fingerprint density at radius 2 is 0.478 bits per heavy atom. The second-order valence-corrected chi connectivity index (χ2v) is 21.3. The Bertz CT molecular complexity index is 1070. The lowest BCUT2D eigenvalue weighted by Crippen LogP contribution is -2.30. The summed E-state index contributed by atoms with van der Waals surface area (Å²) in [4.78, 5) is 38.2. The molecule has 6 nitrogen and oxygen atoms in total. The predicted octanol–water partition coefficient (Wildman–Crippen LogP) is 20.9. The van der Waals surface area contributed by atoms with E-state index in [2.05, 4.69) is 32.9 Å². The van der Waals surface area contributed by atoms with Crippen LogP contribution >= 0.6 is 0 Å². The maximum absolute atomic E-state index is 12.9. The van der Waals surface area contributed by atoms with Crippen LogP contribution in [-0.2, 0) is 28.6 Å². The molecule has 0 aromatic carbocycles. The summed E-state index contributed by atoms with van der Waals surface area (Å²) in [5.41, 5.74) is 0. The Labute approximate surface area is 431 Å². The van der Waals surface area contributed by atoms with E-state index < -0.39 is 6.10 Å². The van der Waals surface area contributed by atoms with Crippen LogP contribution in [0.2, 0.25) is 0 Å². The average molecular weight is 974 g/mol. The first-order valence-corrected chi connectivity index (χ1v) is 31.2. The van der Waals surface area contributed by atoms with Crippen LogP contribution in [0.1, 0.15) is 355 Å². The number of hydrogen-bond donors (Lipinski definition) is 0. The van der Waals surface area contributed by atoms with E-state index in [1.54, 1.807) is 0 Å². The quantitative estimate of drug-likeness (QED) is 0.0261. The monoisotopic (exact) mass is 973 g/mol. The molecule has 0 rings (SSSR count). The van der Waals surface area contributed by atoms with Gasteiger partial charge in [-0.25, -0.2) is 0 Å². The maximum atomic E-state index is 12.9. The zero-order chi connectivity index (χ0) is 50.0. The molecule has 0 bridgehead atoms. The van der Waals surface area contributed by atoms with Crippen molar-refractivity contribution in [2.24, 2.45) is 0 Å². The largest absolute Gasteiger partial charge is 0.462 e. The van der Waals surface area contributed by atoms with Gasteiger partial charge in [-0.05, 0) is 44.9 Å². The molecule has 69 heavy (non-hydrogen) atoms. The first-order chi connectivity index (χ1) is 34.0. The molecule has 0 aromatic heterocycles. The number of ether oxygens (including phenoxy) is 3. The van der Waals surface area contributed by atoms with Crippen molar-refractivity contribution >= 4 is 17.9 Å². The van der Waals surface area contributed by atoms with Crippen molar-refractivity contribution in [2.75, 3.05) is 13.2 Å². The van der Waals surface area contributed by atoms with Gasteiger partial charge in [0.25, 0.3) is 0 Å². The fraction of sp³-hybridized carbons (Fsp3) is 0.921. The molecule has 6 heteroatoms. The van der Waals surface area contributed by atoms with Crippen molar-refractivity contribution < 1.29 is 28.6 Å². The molecule has 0 heterocycles. The molecular weight excluding hydrogens is 853 g/mol. The highest BCUT2D eigenvalue weighted by molar-refractivity contribution is 5.71. The molecule has 0 N–H and O–H groups in total. The SMILES string of the molecule is CCCCCCC/C=C\CCCCCCCC(=O)OC[C@H](COC(=O)CCCCCCCCCCCCCCCCCCCCC)OC(=O)CCCCCCCCCCCCCCCCCCCC. The normalized spacial score (nSPS) is 12.0. The topological polar surface area (TPSA) is 78.9 Å². The molecule has 0 radical (unpaired) electrons. The van der Waals surface area contributed by atoms with Crippen molar-refractivity contribution in [3.63, 3.8) is 0 Å². The lowest BCUT2D eigenvalue weighted by atomic mass is 10.0. The summed E-state index contributed by atoms with van der Waals surface area (Å²) in [6, 6.07) is 0. The second-order valence-electron chi connectivity index (χ2n) is 21.3. The van der Waals surface area contributed by atoms with Gasteiger partial charge in [-0.2, -0.15) is 0 Å². The van der Waals surface area contributed by atoms with E-state index in [4.69, 9.17) is 14.2 Å². The van der Waals surface area contributed by atoms with Crippen LogP contribution < -0.4 is 0 Å². The molecule has 0 aromatic rings. The Hall–Kier alpha value is -1.85. The van der Waals surface area contributed by atoms with Crippen molar-refractivity contribution in [1.82, 2.24) is 0 Å².